The van der Waals surface area contributed by atoms with Crippen LogP contribution in [0.2, 0.25) is 15.1 Å². The Balaban J connectivity index is 1.74. The number of rotatable bonds is 5. The molecule has 2 aromatic heterocycles. The van der Waals surface area contributed by atoms with Crippen molar-refractivity contribution < 1.29 is 14.7 Å². The molecule has 0 unspecified atom stereocenters. The van der Waals surface area contributed by atoms with E-state index < -0.39 is 5.97 Å². The standard InChI is InChI=1S/C28H23Cl3N2O3/c1-15-14-33(21-6-3-5-16(23(15)21)7-8-22(34)35)27(36)25-18(13-32-26(25)28(2)9-4-10-28)24-19(30)11-17(29)12-20(24)31/h3,5-8,11-14,32H,4,9-10H2,1-2H3,(H,34,35)/b8-7+. The number of carbonyl (C=O) groups excluding carboxylic acids is 1. The van der Waals surface area contributed by atoms with Crippen molar-refractivity contribution in [3.05, 3.63) is 86.3 Å². The maximum absolute atomic E-state index is 14.3. The number of nitrogens with one attached hydrogen (secondary N) is 1. The average Bonchev–Trinajstić information content (AvgIpc) is 3.37. The number of aromatic amines is 1. The van der Waals surface area contributed by atoms with E-state index >= 15 is 0 Å². The van der Waals surface area contributed by atoms with E-state index in [0.717, 1.165) is 47.5 Å². The fourth-order valence-corrected chi connectivity index (χ4v) is 6.20. The van der Waals surface area contributed by atoms with Crippen molar-refractivity contribution in [1.29, 1.82) is 0 Å². The molecule has 1 saturated carbocycles. The third-order valence-electron chi connectivity index (χ3n) is 7.11. The number of nitrogens with zero attached hydrogens (tertiary/aromatic N) is 1. The van der Waals surface area contributed by atoms with Crippen LogP contribution in [-0.2, 0) is 10.2 Å². The van der Waals surface area contributed by atoms with Gasteiger partial charge in [-0.1, -0.05) is 60.3 Å². The van der Waals surface area contributed by atoms with Crippen molar-refractivity contribution in [2.75, 3.05) is 0 Å². The Kier molecular flexibility index (Phi) is 6.27. The van der Waals surface area contributed by atoms with E-state index in [1.807, 2.05) is 25.1 Å². The van der Waals surface area contributed by atoms with Crippen LogP contribution in [0.3, 0.4) is 0 Å². The number of carbonyl (C=O) groups is 2. The molecule has 8 heteroatoms. The first kappa shape index (κ1) is 24.7. The molecular weight excluding hydrogens is 519 g/mol. The Morgan fingerprint density at radius 1 is 1.14 bits per heavy atom. The van der Waals surface area contributed by atoms with Crippen molar-refractivity contribution in [2.24, 2.45) is 0 Å². The number of H-pyrrole nitrogens is 1. The fourth-order valence-electron chi connectivity index (χ4n) is 5.18. The number of hydrogen-bond acceptors (Lipinski definition) is 2. The van der Waals surface area contributed by atoms with E-state index in [-0.39, 0.29) is 11.3 Å². The van der Waals surface area contributed by atoms with Crippen LogP contribution in [0, 0.1) is 6.92 Å². The minimum Gasteiger partial charge on any atom is -0.478 e. The van der Waals surface area contributed by atoms with Crippen molar-refractivity contribution in [3.8, 4) is 11.1 Å². The number of aliphatic carboxylic acids is 1. The zero-order valence-corrected chi connectivity index (χ0v) is 21.9. The van der Waals surface area contributed by atoms with Crippen molar-refractivity contribution in [3.63, 3.8) is 0 Å². The minimum absolute atomic E-state index is 0.165. The first-order valence-corrected chi connectivity index (χ1v) is 12.7. The summed E-state index contributed by atoms with van der Waals surface area (Å²) in [5.74, 6) is -1.25. The van der Waals surface area contributed by atoms with E-state index in [2.05, 4.69) is 11.9 Å². The second kappa shape index (κ2) is 9.15. The van der Waals surface area contributed by atoms with Crippen LogP contribution in [0.1, 0.15) is 53.4 Å². The number of carboxylic acid groups (broad SMARTS) is 1. The predicted octanol–water partition coefficient (Wildman–Crippen LogP) is 8.13. The Morgan fingerprint density at radius 2 is 1.83 bits per heavy atom. The Morgan fingerprint density at radius 3 is 2.44 bits per heavy atom. The largest absolute Gasteiger partial charge is 0.478 e. The summed E-state index contributed by atoms with van der Waals surface area (Å²) in [4.78, 5) is 28.8. The molecule has 0 amide bonds. The lowest BCUT2D eigenvalue weighted by molar-refractivity contribution is -0.131. The lowest BCUT2D eigenvalue weighted by Crippen LogP contribution is -2.33. The molecule has 36 heavy (non-hydrogen) atoms. The average molecular weight is 542 g/mol. The van der Waals surface area contributed by atoms with Crippen LogP contribution in [-0.4, -0.2) is 26.5 Å². The normalized spacial score (nSPS) is 14.9. The SMILES string of the molecule is Cc1cn(C(=O)c2c(-c3c(Cl)cc(Cl)cc3Cl)c[nH]c2C2(C)CCC2)c2cccc(/C=C/C(=O)O)c12. The molecule has 0 spiro atoms. The molecule has 2 N–H and O–H groups in total. The summed E-state index contributed by atoms with van der Waals surface area (Å²) < 4.78 is 1.62. The van der Waals surface area contributed by atoms with Crippen molar-refractivity contribution in [2.45, 2.75) is 38.5 Å². The van der Waals surface area contributed by atoms with Crippen molar-refractivity contribution in [1.82, 2.24) is 9.55 Å². The minimum atomic E-state index is -1.03. The van der Waals surface area contributed by atoms with Gasteiger partial charge in [-0.05, 0) is 55.2 Å². The molecule has 184 valence electrons. The fraction of sp³-hybridized carbons (Fsp3) is 0.214. The van der Waals surface area contributed by atoms with Gasteiger partial charge in [0.1, 0.15) is 0 Å². The van der Waals surface area contributed by atoms with Gasteiger partial charge in [-0.2, -0.15) is 0 Å². The molecule has 5 nitrogen and oxygen atoms in total. The molecule has 0 bridgehead atoms. The lowest BCUT2D eigenvalue weighted by Gasteiger charge is -2.38. The summed E-state index contributed by atoms with van der Waals surface area (Å²) in [6.07, 6.45) is 9.24. The number of carboxylic acids is 1. The molecule has 0 aliphatic heterocycles. The molecule has 5 rings (SSSR count). The maximum atomic E-state index is 14.3. The van der Waals surface area contributed by atoms with E-state index in [0.29, 0.717) is 37.3 Å². The summed E-state index contributed by atoms with van der Waals surface area (Å²) in [5, 5.41) is 11.0. The highest BCUT2D eigenvalue weighted by Gasteiger charge is 2.40. The highest BCUT2D eigenvalue weighted by Crippen LogP contribution is 2.48. The van der Waals surface area contributed by atoms with E-state index in [1.54, 1.807) is 35.2 Å². The highest BCUT2D eigenvalue weighted by atomic mass is 35.5. The smallest absolute Gasteiger partial charge is 0.328 e. The lowest BCUT2D eigenvalue weighted by atomic mass is 9.67. The van der Waals surface area contributed by atoms with Gasteiger partial charge < -0.3 is 10.1 Å². The number of fused-ring (bicyclic) bond motifs is 1. The number of halogens is 3. The molecular formula is C28H23Cl3N2O3. The van der Waals surface area contributed by atoms with Gasteiger partial charge >= 0.3 is 5.97 Å². The summed E-state index contributed by atoms with van der Waals surface area (Å²) in [6.45, 7) is 4.06. The molecule has 0 saturated heterocycles. The molecule has 2 aromatic carbocycles. The van der Waals surface area contributed by atoms with Gasteiger partial charge in [0.15, 0.2) is 0 Å². The van der Waals surface area contributed by atoms with Crippen LogP contribution in [0.4, 0.5) is 0 Å². The molecule has 4 aromatic rings. The van der Waals surface area contributed by atoms with Gasteiger partial charge in [-0.25, -0.2) is 4.79 Å². The molecule has 1 aliphatic carbocycles. The molecule has 1 fully saturated rings. The zero-order chi connectivity index (χ0) is 25.8. The monoisotopic (exact) mass is 540 g/mol. The molecule has 0 atom stereocenters. The topological polar surface area (TPSA) is 75.1 Å². The second-order valence-electron chi connectivity index (χ2n) is 9.51. The van der Waals surface area contributed by atoms with Gasteiger partial charge in [0.25, 0.3) is 5.91 Å². The van der Waals surface area contributed by atoms with Crippen LogP contribution < -0.4 is 0 Å². The maximum Gasteiger partial charge on any atom is 0.328 e. The summed E-state index contributed by atoms with van der Waals surface area (Å²) in [5.41, 5.74) is 4.66. The van der Waals surface area contributed by atoms with Gasteiger partial charge in [-0.3, -0.25) is 9.36 Å². The van der Waals surface area contributed by atoms with Gasteiger partial charge in [0.05, 0.1) is 21.1 Å². The summed E-state index contributed by atoms with van der Waals surface area (Å²) >= 11 is 19.3. The zero-order valence-electron chi connectivity index (χ0n) is 19.7. The van der Waals surface area contributed by atoms with Crippen molar-refractivity contribution >= 4 is 63.7 Å². The van der Waals surface area contributed by atoms with Crippen LogP contribution in [0.15, 0.2) is 48.8 Å². The van der Waals surface area contributed by atoms with Gasteiger partial charge in [0, 0.05) is 51.1 Å². The van der Waals surface area contributed by atoms with E-state index in [1.165, 1.54) is 0 Å². The summed E-state index contributed by atoms with van der Waals surface area (Å²) in [7, 11) is 0. The third kappa shape index (κ3) is 4.05. The number of aryl methyl sites for hydroxylation is 1. The van der Waals surface area contributed by atoms with E-state index in [4.69, 9.17) is 39.9 Å². The van der Waals surface area contributed by atoms with Crippen LogP contribution in [0.5, 0.6) is 0 Å². The highest BCUT2D eigenvalue weighted by molar-refractivity contribution is 6.42. The Hall–Kier alpha value is -2.99. The van der Waals surface area contributed by atoms with Gasteiger partial charge in [-0.15, -0.1) is 0 Å². The quantitative estimate of drug-likeness (QED) is 0.250. The molecule has 1 aliphatic rings. The first-order chi connectivity index (χ1) is 17.1. The van der Waals surface area contributed by atoms with E-state index in [9.17, 15) is 9.59 Å². The number of aromatic nitrogens is 2. The molecule has 0 radical (unpaired) electrons. The predicted molar refractivity (Wildman–Crippen MR) is 146 cm³/mol. The first-order valence-electron chi connectivity index (χ1n) is 11.5. The summed E-state index contributed by atoms with van der Waals surface area (Å²) in [6, 6.07) is 8.74. The third-order valence-corrected chi connectivity index (χ3v) is 7.92. The second-order valence-corrected chi connectivity index (χ2v) is 10.8. The Labute approximate surface area is 223 Å². The molecule has 2 heterocycles. The van der Waals surface area contributed by atoms with Crippen LogP contribution in [0.25, 0.3) is 28.1 Å². The number of hydrogen-bond donors (Lipinski definition) is 2. The van der Waals surface area contributed by atoms with Gasteiger partial charge in [0.2, 0.25) is 0 Å². The number of benzene rings is 2. The Bertz CT molecular complexity index is 1550. The van der Waals surface area contributed by atoms with Crippen LogP contribution >= 0.6 is 34.8 Å².